The molecule has 1 aliphatic rings. The molecule has 0 aliphatic carbocycles. The van der Waals surface area contributed by atoms with Crippen molar-refractivity contribution in [3.63, 3.8) is 0 Å². The van der Waals surface area contributed by atoms with Gasteiger partial charge >= 0.3 is 5.97 Å². The fraction of sp³-hybridized carbons (Fsp3) is 0.278. The Morgan fingerprint density at radius 2 is 2.00 bits per heavy atom. The van der Waals surface area contributed by atoms with Crippen molar-refractivity contribution in [2.75, 3.05) is 24.6 Å². The summed E-state index contributed by atoms with van der Waals surface area (Å²) >= 11 is 2.72. The number of hydrogen-bond donors (Lipinski definition) is 0. The van der Waals surface area contributed by atoms with Crippen molar-refractivity contribution in [3.8, 4) is 0 Å². The molecule has 8 nitrogen and oxygen atoms in total. The number of thioether (sulfide) groups is 1. The zero-order chi connectivity index (χ0) is 20.4. The molecule has 29 heavy (non-hydrogen) atoms. The van der Waals surface area contributed by atoms with Gasteiger partial charge < -0.3 is 4.74 Å². The molecule has 4 heterocycles. The first-order chi connectivity index (χ1) is 14.0. The van der Waals surface area contributed by atoms with E-state index in [1.165, 1.54) is 20.8 Å². The van der Waals surface area contributed by atoms with Gasteiger partial charge in [-0.05, 0) is 23.6 Å². The number of fused-ring (bicyclic) bond motifs is 1. The Hall–Kier alpha value is -2.21. The normalized spacial score (nSPS) is 15.4. The van der Waals surface area contributed by atoms with Gasteiger partial charge in [0.2, 0.25) is 10.0 Å². The van der Waals surface area contributed by atoms with Crippen LogP contribution in [0.15, 0.2) is 51.6 Å². The second kappa shape index (κ2) is 8.27. The number of aromatic nitrogens is 2. The Labute approximate surface area is 175 Å². The van der Waals surface area contributed by atoms with Gasteiger partial charge in [-0.2, -0.15) is 16.1 Å². The number of pyridine rings is 1. The minimum atomic E-state index is -3.75. The van der Waals surface area contributed by atoms with Crippen LogP contribution in [0.1, 0.15) is 15.4 Å². The summed E-state index contributed by atoms with van der Waals surface area (Å²) < 4.78 is 33.8. The topological polar surface area (TPSA) is 98.0 Å². The zero-order valence-electron chi connectivity index (χ0n) is 15.2. The molecule has 0 atom stereocenters. The van der Waals surface area contributed by atoms with Gasteiger partial charge in [0, 0.05) is 36.9 Å². The zero-order valence-corrected chi connectivity index (χ0v) is 17.6. The third-order valence-corrected chi connectivity index (χ3v) is 8.28. The predicted molar refractivity (Wildman–Crippen MR) is 111 cm³/mol. The monoisotopic (exact) mass is 451 g/mol. The second-order valence-corrected chi connectivity index (χ2v) is 10.3. The van der Waals surface area contributed by atoms with Crippen LogP contribution in [-0.2, 0) is 21.4 Å². The lowest BCUT2D eigenvalue weighted by Crippen LogP contribution is -2.38. The van der Waals surface area contributed by atoms with Crippen LogP contribution in [0, 0.1) is 0 Å². The van der Waals surface area contributed by atoms with E-state index in [1.54, 1.807) is 41.5 Å². The van der Waals surface area contributed by atoms with Gasteiger partial charge in [0.1, 0.15) is 22.0 Å². The molecule has 0 amide bonds. The summed E-state index contributed by atoms with van der Waals surface area (Å²) in [6.45, 7) is 0.613. The first-order valence-electron chi connectivity index (χ1n) is 8.76. The van der Waals surface area contributed by atoms with Crippen LogP contribution in [-0.4, -0.2) is 52.7 Å². The van der Waals surface area contributed by atoms with E-state index in [0.717, 1.165) is 22.8 Å². The van der Waals surface area contributed by atoms with Crippen molar-refractivity contribution in [3.05, 3.63) is 62.8 Å². The van der Waals surface area contributed by atoms with E-state index < -0.39 is 16.0 Å². The lowest BCUT2D eigenvalue weighted by Gasteiger charge is -2.25. The fourth-order valence-electron chi connectivity index (χ4n) is 2.96. The number of esters is 1. The van der Waals surface area contributed by atoms with E-state index in [9.17, 15) is 18.0 Å². The van der Waals surface area contributed by atoms with E-state index >= 15 is 0 Å². The van der Waals surface area contributed by atoms with Gasteiger partial charge in [-0.15, -0.1) is 11.3 Å². The number of rotatable bonds is 5. The maximum absolute atomic E-state index is 12.9. The number of thiophene rings is 1. The Bertz CT molecular complexity index is 1210. The molecule has 0 aromatic carbocycles. The predicted octanol–water partition coefficient (Wildman–Crippen LogP) is 1.85. The molecule has 152 valence electrons. The molecule has 1 saturated heterocycles. The van der Waals surface area contributed by atoms with Gasteiger partial charge in [0.25, 0.3) is 5.56 Å². The van der Waals surface area contributed by atoms with Crippen LogP contribution >= 0.6 is 23.1 Å². The van der Waals surface area contributed by atoms with Crippen LogP contribution < -0.4 is 5.56 Å². The molecule has 0 N–H and O–H groups in total. The van der Waals surface area contributed by atoms with Crippen LogP contribution in [0.25, 0.3) is 5.65 Å². The smallest absolute Gasteiger partial charge is 0.350 e. The maximum Gasteiger partial charge on any atom is 0.350 e. The summed E-state index contributed by atoms with van der Waals surface area (Å²) in [4.78, 5) is 29.0. The molecule has 11 heteroatoms. The number of sulfonamides is 1. The summed E-state index contributed by atoms with van der Waals surface area (Å²) in [6.07, 6.45) is 1.60. The highest BCUT2D eigenvalue weighted by molar-refractivity contribution is 7.99. The summed E-state index contributed by atoms with van der Waals surface area (Å²) in [7, 11) is -3.75. The molecule has 4 rings (SSSR count). The van der Waals surface area contributed by atoms with Crippen molar-refractivity contribution in [2.24, 2.45) is 0 Å². The number of carbonyl (C=O) groups excluding carboxylic acids is 1. The molecular formula is C18H17N3O5S3. The van der Waals surface area contributed by atoms with Gasteiger partial charge in [0.15, 0.2) is 0 Å². The van der Waals surface area contributed by atoms with Gasteiger partial charge in [-0.1, -0.05) is 6.07 Å². The molecule has 0 radical (unpaired) electrons. The van der Waals surface area contributed by atoms with Crippen LogP contribution in [0.4, 0.5) is 0 Å². The Morgan fingerprint density at radius 1 is 1.21 bits per heavy atom. The van der Waals surface area contributed by atoms with Crippen LogP contribution in [0.5, 0.6) is 0 Å². The van der Waals surface area contributed by atoms with Crippen molar-refractivity contribution < 1.29 is 17.9 Å². The maximum atomic E-state index is 12.9. The minimum absolute atomic E-state index is 0.0285. The summed E-state index contributed by atoms with van der Waals surface area (Å²) in [5.41, 5.74) is 0.445. The van der Waals surface area contributed by atoms with Gasteiger partial charge in [-0.25, -0.2) is 18.2 Å². The summed E-state index contributed by atoms with van der Waals surface area (Å²) in [5.74, 6) is 0.707. The third-order valence-electron chi connectivity index (χ3n) is 4.38. The number of hydrogen-bond acceptors (Lipinski definition) is 8. The summed E-state index contributed by atoms with van der Waals surface area (Å²) in [5, 5.41) is 1.56. The highest BCUT2D eigenvalue weighted by atomic mass is 32.2. The summed E-state index contributed by atoms with van der Waals surface area (Å²) in [6, 6.07) is 7.86. The second-order valence-electron chi connectivity index (χ2n) is 6.22. The van der Waals surface area contributed by atoms with E-state index in [4.69, 9.17) is 4.74 Å². The van der Waals surface area contributed by atoms with Crippen molar-refractivity contribution in [1.29, 1.82) is 0 Å². The van der Waals surface area contributed by atoms with Crippen molar-refractivity contribution in [2.45, 2.75) is 11.5 Å². The van der Waals surface area contributed by atoms with Crippen LogP contribution in [0.2, 0.25) is 0 Å². The first kappa shape index (κ1) is 20.1. The quantitative estimate of drug-likeness (QED) is 0.546. The largest absolute Gasteiger partial charge is 0.455 e. The van der Waals surface area contributed by atoms with E-state index in [1.807, 2.05) is 0 Å². The molecule has 0 bridgehead atoms. The molecule has 0 saturated carbocycles. The molecule has 3 aromatic rings. The van der Waals surface area contributed by atoms with Gasteiger partial charge in [-0.3, -0.25) is 9.20 Å². The highest BCUT2D eigenvalue weighted by Gasteiger charge is 2.31. The SMILES string of the molecule is O=C(OCc1cc(=O)n2ccccc2n1)c1sccc1S(=O)(=O)N1CCSCC1. The van der Waals surface area contributed by atoms with E-state index in [2.05, 4.69) is 4.98 Å². The fourth-order valence-corrected chi connectivity index (χ4v) is 6.82. The lowest BCUT2D eigenvalue weighted by molar-refractivity contribution is 0.0469. The molecule has 0 unspecified atom stereocenters. The average Bonchev–Trinajstić information content (AvgIpc) is 3.24. The Kier molecular flexibility index (Phi) is 5.72. The standard InChI is InChI=1S/C18H17N3O5S3/c22-16-11-13(19-15-3-1-2-5-21(15)16)12-26-18(23)17-14(4-8-28-17)29(24,25)20-6-9-27-10-7-20/h1-5,8,11H,6-7,9-10,12H2. The molecule has 0 spiro atoms. The first-order valence-corrected chi connectivity index (χ1v) is 12.2. The van der Waals surface area contributed by atoms with E-state index in [-0.39, 0.29) is 21.9 Å². The minimum Gasteiger partial charge on any atom is -0.455 e. The molecule has 3 aromatic heterocycles. The number of nitrogens with zero attached hydrogens (tertiary/aromatic N) is 3. The molecule has 1 aliphatic heterocycles. The molecule has 1 fully saturated rings. The molecular weight excluding hydrogens is 434 g/mol. The third kappa shape index (κ3) is 4.08. The Balaban J connectivity index is 1.53. The van der Waals surface area contributed by atoms with E-state index in [0.29, 0.717) is 24.4 Å². The Morgan fingerprint density at radius 3 is 2.79 bits per heavy atom. The average molecular weight is 452 g/mol. The lowest BCUT2D eigenvalue weighted by atomic mass is 10.4. The van der Waals surface area contributed by atoms with Crippen LogP contribution in [0.3, 0.4) is 0 Å². The van der Waals surface area contributed by atoms with Crippen molar-refractivity contribution in [1.82, 2.24) is 13.7 Å². The highest BCUT2D eigenvalue weighted by Crippen LogP contribution is 2.27. The van der Waals surface area contributed by atoms with Crippen molar-refractivity contribution >= 4 is 44.7 Å². The van der Waals surface area contributed by atoms with Gasteiger partial charge in [0.05, 0.1) is 5.69 Å². The number of ether oxygens (including phenoxy) is 1. The number of carbonyl (C=O) groups is 1.